The summed E-state index contributed by atoms with van der Waals surface area (Å²) in [6.07, 6.45) is 0.572. The summed E-state index contributed by atoms with van der Waals surface area (Å²) in [7, 11) is 0. The van der Waals surface area contributed by atoms with E-state index in [0.29, 0.717) is 17.7 Å². The van der Waals surface area contributed by atoms with Crippen molar-refractivity contribution in [2.45, 2.75) is 20.3 Å². The van der Waals surface area contributed by atoms with Crippen LogP contribution in [0.1, 0.15) is 30.6 Å². The predicted molar refractivity (Wildman–Crippen MR) is 81.7 cm³/mol. The second-order valence-corrected chi connectivity index (χ2v) is 6.02. The largest absolute Gasteiger partial charge is 0.481 e. The number of carboxylic acid groups (broad SMARTS) is 1. The first-order valence-corrected chi connectivity index (χ1v) is 7.16. The summed E-state index contributed by atoms with van der Waals surface area (Å²) in [4.78, 5) is 22.5. The second kappa shape index (κ2) is 7.28. The van der Waals surface area contributed by atoms with Crippen LogP contribution in [0.2, 0.25) is 0 Å². The van der Waals surface area contributed by atoms with Crippen molar-refractivity contribution in [1.29, 1.82) is 0 Å². The molecule has 5 nitrogen and oxygen atoms in total. The maximum absolute atomic E-state index is 11.3. The molecular weight excluding hydrogens is 324 g/mol. The van der Waals surface area contributed by atoms with E-state index in [1.54, 1.807) is 18.2 Å². The molecule has 1 aromatic carbocycles. The summed E-state index contributed by atoms with van der Waals surface area (Å²) < 4.78 is 0.792. The van der Waals surface area contributed by atoms with E-state index in [-0.39, 0.29) is 12.5 Å². The molecule has 0 aliphatic rings. The van der Waals surface area contributed by atoms with E-state index in [9.17, 15) is 14.7 Å². The summed E-state index contributed by atoms with van der Waals surface area (Å²) in [5, 5.41) is 12.2. The van der Waals surface area contributed by atoms with Crippen molar-refractivity contribution < 1.29 is 14.7 Å². The van der Waals surface area contributed by atoms with Gasteiger partial charge in [-0.05, 0) is 30.5 Å². The molecule has 0 aromatic heterocycles. The molecule has 0 aliphatic heterocycles. The number of hydrogen-bond donors (Lipinski definition) is 3. The van der Waals surface area contributed by atoms with Crippen molar-refractivity contribution in [3.05, 3.63) is 28.2 Å². The molecule has 0 spiro atoms. The molecule has 0 radical (unpaired) electrons. The lowest BCUT2D eigenvalue weighted by molar-refractivity contribution is -0.141. The van der Waals surface area contributed by atoms with Gasteiger partial charge in [-0.25, -0.2) is 0 Å². The molecule has 6 heteroatoms. The number of hydrogen-bond acceptors (Lipinski definition) is 3. The van der Waals surface area contributed by atoms with Gasteiger partial charge in [0.15, 0.2) is 0 Å². The SMILES string of the molecule is CC(C)CC(CNc1cc(Br)ccc1C(N)=O)C(=O)O. The van der Waals surface area contributed by atoms with Crippen LogP contribution in [0.15, 0.2) is 22.7 Å². The average Bonchev–Trinajstić information content (AvgIpc) is 2.33. The van der Waals surface area contributed by atoms with Crippen LogP contribution >= 0.6 is 15.9 Å². The fraction of sp³-hybridized carbons (Fsp3) is 0.429. The monoisotopic (exact) mass is 342 g/mol. The van der Waals surface area contributed by atoms with Gasteiger partial charge in [0.05, 0.1) is 11.5 Å². The Balaban J connectivity index is 2.84. The summed E-state index contributed by atoms with van der Waals surface area (Å²) in [6.45, 7) is 4.21. The van der Waals surface area contributed by atoms with Gasteiger partial charge in [-0.3, -0.25) is 9.59 Å². The van der Waals surface area contributed by atoms with Crippen molar-refractivity contribution in [2.75, 3.05) is 11.9 Å². The molecule has 1 atom stereocenters. The van der Waals surface area contributed by atoms with Gasteiger partial charge in [0.1, 0.15) is 0 Å². The van der Waals surface area contributed by atoms with Crippen molar-refractivity contribution in [3.63, 3.8) is 0 Å². The zero-order valence-corrected chi connectivity index (χ0v) is 13.1. The van der Waals surface area contributed by atoms with Gasteiger partial charge in [-0.2, -0.15) is 0 Å². The van der Waals surface area contributed by atoms with Crippen LogP contribution in [-0.4, -0.2) is 23.5 Å². The molecule has 1 aromatic rings. The minimum atomic E-state index is -0.846. The first kappa shape index (κ1) is 16.5. The molecular formula is C14H19BrN2O3. The Morgan fingerprint density at radius 3 is 2.55 bits per heavy atom. The van der Waals surface area contributed by atoms with Gasteiger partial charge < -0.3 is 16.2 Å². The molecule has 0 heterocycles. The molecule has 1 amide bonds. The lowest BCUT2D eigenvalue weighted by Gasteiger charge is -2.17. The van der Waals surface area contributed by atoms with Crippen LogP contribution in [0.5, 0.6) is 0 Å². The third kappa shape index (κ3) is 4.85. The van der Waals surface area contributed by atoms with E-state index in [4.69, 9.17) is 5.73 Å². The van der Waals surface area contributed by atoms with E-state index in [1.807, 2.05) is 13.8 Å². The van der Waals surface area contributed by atoms with E-state index >= 15 is 0 Å². The molecule has 0 fully saturated rings. The molecule has 4 N–H and O–H groups in total. The number of nitrogens with two attached hydrogens (primary N) is 1. The lowest BCUT2D eigenvalue weighted by Crippen LogP contribution is -2.25. The second-order valence-electron chi connectivity index (χ2n) is 5.10. The van der Waals surface area contributed by atoms with Crippen LogP contribution in [-0.2, 0) is 4.79 Å². The number of carboxylic acids is 1. The zero-order valence-electron chi connectivity index (χ0n) is 11.5. The number of amides is 1. The van der Waals surface area contributed by atoms with Gasteiger partial charge in [-0.15, -0.1) is 0 Å². The third-order valence-electron chi connectivity index (χ3n) is 2.89. The van der Waals surface area contributed by atoms with E-state index in [1.165, 1.54) is 0 Å². The number of aliphatic carboxylic acids is 1. The van der Waals surface area contributed by atoms with Crippen molar-refractivity contribution in [1.82, 2.24) is 0 Å². The minimum Gasteiger partial charge on any atom is -0.481 e. The van der Waals surface area contributed by atoms with Crippen molar-refractivity contribution in [2.24, 2.45) is 17.6 Å². The van der Waals surface area contributed by atoms with Gasteiger partial charge in [-0.1, -0.05) is 29.8 Å². The molecule has 0 aliphatic carbocycles. The number of anilines is 1. The normalized spacial score (nSPS) is 12.2. The Kier molecular flexibility index (Phi) is 6.01. The molecule has 20 heavy (non-hydrogen) atoms. The van der Waals surface area contributed by atoms with Gasteiger partial charge in [0, 0.05) is 16.7 Å². The van der Waals surface area contributed by atoms with E-state index in [2.05, 4.69) is 21.2 Å². The van der Waals surface area contributed by atoms with Gasteiger partial charge in [0.25, 0.3) is 5.91 Å². The number of nitrogens with one attached hydrogen (secondary N) is 1. The number of rotatable bonds is 7. The highest BCUT2D eigenvalue weighted by Crippen LogP contribution is 2.22. The zero-order chi connectivity index (χ0) is 15.3. The molecule has 110 valence electrons. The van der Waals surface area contributed by atoms with Gasteiger partial charge in [0.2, 0.25) is 0 Å². The number of benzene rings is 1. The molecule has 1 rings (SSSR count). The highest BCUT2D eigenvalue weighted by molar-refractivity contribution is 9.10. The number of carbonyl (C=O) groups is 2. The van der Waals surface area contributed by atoms with Crippen LogP contribution in [0.3, 0.4) is 0 Å². The van der Waals surface area contributed by atoms with Crippen molar-refractivity contribution >= 4 is 33.5 Å². The summed E-state index contributed by atoms with van der Waals surface area (Å²) in [6, 6.07) is 5.04. The quantitative estimate of drug-likeness (QED) is 0.710. The third-order valence-corrected chi connectivity index (χ3v) is 3.38. The highest BCUT2D eigenvalue weighted by atomic mass is 79.9. The lowest BCUT2D eigenvalue weighted by atomic mass is 9.97. The fourth-order valence-corrected chi connectivity index (χ4v) is 2.31. The van der Waals surface area contributed by atoms with Crippen LogP contribution < -0.4 is 11.1 Å². The molecule has 0 saturated heterocycles. The summed E-state index contributed by atoms with van der Waals surface area (Å²) >= 11 is 3.31. The fourth-order valence-electron chi connectivity index (χ4n) is 1.95. The predicted octanol–water partition coefficient (Wildman–Crippen LogP) is 2.71. The molecule has 1 unspecified atom stereocenters. The molecule has 0 bridgehead atoms. The smallest absolute Gasteiger partial charge is 0.308 e. The number of halogens is 1. The van der Waals surface area contributed by atoms with E-state index in [0.717, 1.165) is 4.47 Å². The first-order chi connectivity index (χ1) is 9.31. The Morgan fingerprint density at radius 2 is 2.05 bits per heavy atom. The van der Waals surface area contributed by atoms with Crippen LogP contribution in [0.4, 0.5) is 5.69 Å². The number of primary amides is 1. The Morgan fingerprint density at radius 1 is 1.40 bits per heavy atom. The summed E-state index contributed by atoms with van der Waals surface area (Å²) in [5.74, 6) is -1.61. The topological polar surface area (TPSA) is 92.4 Å². The van der Waals surface area contributed by atoms with Crippen LogP contribution in [0.25, 0.3) is 0 Å². The first-order valence-electron chi connectivity index (χ1n) is 6.37. The standard InChI is InChI=1S/C14H19BrN2O3/c1-8(2)5-9(14(19)20)7-17-12-6-10(15)3-4-11(12)13(16)18/h3-4,6,8-9,17H,5,7H2,1-2H3,(H2,16,18)(H,19,20). The van der Waals surface area contributed by atoms with Crippen LogP contribution in [0, 0.1) is 11.8 Å². The molecule has 0 saturated carbocycles. The summed E-state index contributed by atoms with van der Waals surface area (Å²) in [5.41, 5.74) is 6.19. The Hall–Kier alpha value is -1.56. The Bertz CT molecular complexity index is 503. The maximum atomic E-state index is 11.3. The van der Waals surface area contributed by atoms with Gasteiger partial charge >= 0.3 is 5.97 Å². The Labute approximate surface area is 126 Å². The average molecular weight is 343 g/mol. The van der Waals surface area contributed by atoms with E-state index < -0.39 is 17.8 Å². The number of carbonyl (C=O) groups excluding carboxylic acids is 1. The van der Waals surface area contributed by atoms with Crippen molar-refractivity contribution in [3.8, 4) is 0 Å². The maximum Gasteiger partial charge on any atom is 0.308 e. The minimum absolute atomic E-state index is 0.254. The highest BCUT2D eigenvalue weighted by Gasteiger charge is 2.19.